The average Bonchev–Trinajstić information content (AvgIpc) is 2.28. The summed E-state index contributed by atoms with van der Waals surface area (Å²) in [6, 6.07) is 8.33. The molecule has 1 aromatic rings. The highest BCUT2D eigenvalue weighted by Gasteiger charge is 2.25. The Kier molecular flexibility index (Phi) is 4.02. The van der Waals surface area contributed by atoms with Gasteiger partial charge in [0, 0.05) is 13.1 Å². The van der Waals surface area contributed by atoms with Crippen molar-refractivity contribution in [3.63, 3.8) is 0 Å². The number of hydrogen-bond donors (Lipinski definition) is 1. The number of likely N-dealkylation sites (N-methyl/N-ethyl adjacent to an activating group) is 1. The van der Waals surface area contributed by atoms with Crippen LogP contribution in [0, 0.1) is 0 Å². The van der Waals surface area contributed by atoms with Gasteiger partial charge in [0.25, 0.3) is 0 Å². The van der Waals surface area contributed by atoms with Crippen molar-refractivity contribution in [1.29, 1.82) is 0 Å². The van der Waals surface area contributed by atoms with Crippen LogP contribution >= 0.6 is 0 Å². The molecule has 1 atom stereocenters. The monoisotopic (exact) mass is 234 g/mol. The van der Waals surface area contributed by atoms with Crippen molar-refractivity contribution in [1.82, 2.24) is 4.90 Å². The van der Waals surface area contributed by atoms with Crippen LogP contribution in [-0.4, -0.2) is 37.7 Å². The fourth-order valence-corrected chi connectivity index (χ4v) is 2.30. The molecule has 0 bridgehead atoms. The second kappa shape index (κ2) is 5.52. The highest BCUT2D eigenvalue weighted by Crippen LogP contribution is 2.29. The zero-order valence-corrected chi connectivity index (χ0v) is 10.7. The lowest BCUT2D eigenvalue weighted by atomic mass is 9.97. The molecule has 0 radical (unpaired) electrons. The van der Waals surface area contributed by atoms with Gasteiger partial charge in [-0.2, -0.15) is 0 Å². The molecule has 1 heterocycles. The summed E-state index contributed by atoms with van der Waals surface area (Å²) in [6.07, 6.45) is 1.36. The number of nitrogens with two attached hydrogens (primary N) is 1. The molecule has 2 N–H and O–H groups in total. The summed E-state index contributed by atoms with van der Waals surface area (Å²) >= 11 is 0. The van der Waals surface area contributed by atoms with Crippen LogP contribution in [0.5, 0.6) is 5.75 Å². The van der Waals surface area contributed by atoms with Crippen molar-refractivity contribution in [2.24, 2.45) is 5.73 Å². The second-order valence-corrected chi connectivity index (χ2v) is 4.98. The van der Waals surface area contributed by atoms with E-state index in [1.807, 2.05) is 6.07 Å². The SMILES string of the molecule is CC(CCN)c1ccccc1OC1CN(C)C1. The summed E-state index contributed by atoms with van der Waals surface area (Å²) in [4.78, 5) is 2.26. The van der Waals surface area contributed by atoms with Gasteiger partial charge in [-0.25, -0.2) is 0 Å². The van der Waals surface area contributed by atoms with Crippen molar-refractivity contribution in [3.05, 3.63) is 29.8 Å². The zero-order valence-electron chi connectivity index (χ0n) is 10.7. The van der Waals surface area contributed by atoms with Crippen LogP contribution in [0.15, 0.2) is 24.3 Å². The Morgan fingerprint density at radius 1 is 1.41 bits per heavy atom. The first-order valence-corrected chi connectivity index (χ1v) is 6.35. The first-order valence-electron chi connectivity index (χ1n) is 6.35. The van der Waals surface area contributed by atoms with Gasteiger partial charge in [-0.05, 0) is 37.6 Å². The second-order valence-electron chi connectivity index (χ2n) is 4.98. The Balaban J connectivity index is 2.05. The van der Waals surface area contributed by atoms with E-state index in [1.54, 1.807) is 0 Å². The van der Waals surface area contributed by atoms with Crippen LogP contribution < -0.4 is 10.5 Å². The van der Waals surface area contributed by atoms with E-state index in [9.17, 15) is 0 Å². The molecule has 1 aliphatic heterocycles. The van der Waals surface area contributed by atoms with Crippen molar-refractivity contribution in [2.75, 3.05) is 26.7 Å². The minimum Gasteiger partial charge on any atom is -0.487 e. The van der Waals surface area contributed by atoms with Crippen LogP contribution in [0.25, 0.3) is 0 Å². The predicted octanol–water partition coefficient (Wildman–Crippen LogP) is 1.83. The summed E-state index contributed by atoms with van der Waals surface area (Å²) in [7, 11) is 2.11. The fraction of sp³-hybridized carbons (Fsp3) is 0.571. The lowest BCUT2D eigenvalue weighted by molar-refractivity contribution is 0.0379. The summed E-state index contributed by atoms with van der Waals surface area (Å²) in [5.74, 6) is 1.50. The van der Waals surface area contributed by atoms with Gasteiger partial charge in [-0.3, -0.25) is 4.90 Å². The van der Waals surface area contributed by atoms with E-state index in [-0.39, 0.29) is 0 Å². The van der Waals surface area contributed by atoms with E-state index in [1.165, 1.54) is 5.56 Å². The van der Waals surface area contributed by atoms with E-state index < -0.39 is 0 Å². The van der Waals surface area contributed by atoms with Crippen LogP contribution in [0.2, 0.25) is 0 Å². The zero-order chi connectivity index (χ0) is 12.3. The Bertz CT molecular complexity index is 361. The van der Waals surface area contributed by atoms with Crippen LogP contribution in [0.4, 0.5) is 0 Å². The lowest BCUT2D eigenvalue weighted by Crippen LogP contribution is -2.51. The lowest BCUT2D eigenvalue weighted by Gasteiger charge is -2.36. The molecule has 1 aliphatic rings. The van der Waals surface area contributed by atoms with Gasteiger partial charge >= 0.3 is 0 Å². The molecule has 1 unspecified atom stereocenters. The maximum Gasteiger partial charge on any atom is 0.124 e. The van der Waals surface area contributed by atoms with E-state index in [0.717, 1.165) is 31.8 Å². The van der Waals surface area contributed by atoms with Crippen molar-refractivity contribution < 1.29 is 4.74 Å². The van der Waals surface area contributed by atoms with E-state index in [2.05, 4.69) is 37.1 Å². The number of hydrogen-bond acceptors (Lipinski definition) is 3. The first kappa shape index (κ1) is 12.4. The fourth-order valence-electron chi connectivity index (χ4n) is 2.30. The molecule has 3 nitrogen and oxygen atoms in total. The normalized spacial score (nSPS) is 18.8. The molecule has 1 fully saturated rings. The summed E-state index contributed by atoms with van der Waals surface area (Å²) in [5, 5.41) is 0. The van der Waals surface area contributed by atoms with Gasteiger partial charge in [-0.15, -0.1) is 0 Å². The summed E-state index contributed by atoms with van der Waals surface area (Å²) < 4.78 is 6.04. The smallest absolute Gasteiger partial charge is 0.124 e. The Morgan fingerprint density at radius 3 is 2.76 bits per heavy atom. The topological polar surface area (TPSA) is 38.5 Å². The van der Waals surface area contributed by atoms with Crippen LogP contribution in [0.1, 0.15) is 24.8 Å². The van der Waals surface area contributed by atoms with E-state index in [0.29, 0.717) is 12.0 Å². The summed E-state index contributed by atoms with van der Waals surface area (Å²) in [5.41, 5.74) is 6.91. The van der Waals surface area contributed by atoms with Gasteiger partial charge in [0.05, 0.1) is 0 Å². The molecule has 94 valence electrons. The summed E-state index contributed by atoms with van der Waals surface area (Å²) in [6.45, 7) is 4.99. The van der Waals surface area contributed by atoms with Crippen molar-refractivity contribution >= 4 is 0 Å². The highest BCUT2D eigenvalue weighted by molar-refractivity contribution is 5.36. The molecule has 1 aromatic carbocycles. The van der Waals surface area contributed by atoms with E-state index >= 15 is 0 Å². The van der Waals surface area contributed by atoms with Gasteiger partial charge < -0.3 is 10.5 Å². The molecule has 0 saturated carbocycles. The molecule has 0 aliphatic carbocycles. The van der Waals surface area contributed by atoms with Gasteiger partial charge in [0.1, 0.15) is 11.9 Å². The minimum absolute atomic E-state index is 0.353. The minimum atomic E-state index is 0.353. The van der Waals surface area contributed by atoms with Crippen LogP contribution in [-0.2, 0) is 0 Å². The molecule has 17 heavy (non-hydrogen) atoms. The molecule has 0 spiro atoms. The molecule has 0 aromatic heterocycles. The maximum atomic E-state index is 6.04. The van der Waals surface area contributed by atoms with Crippen LogP contribution in [0.3, 0.4) is 0 Å². The number of rotatable bonds is 5. The number of likely N-dealkylation sites (tertiary alicyclic amines) is 1. The molecule has 2 rings (SSSR count). The molecule has 1 saturated heterocycles. The third kappa shape index (κ3) is 2.99. The molecular weight excluding hydrogens is 212 g/mol. The van der Waals surface area contributed by atoms with Crippen molar-refractivity contribution in [3.8, 4) is 5.75 Å². The third-order valence-electron chi connectivity index (χ3n) is 3.37. The molecule has 3 heteroatoms. The molecule has 0 amide bonds. The largest absolute Gasteiger partial charge is 0.487 e. The van der Waals surface area contributed by atoms with Gasteiger partial charge in [-0.1, -0.05) is 25.1 Å². The predicted molar refractivity (Wildman–Crippen MR) is 70.4 cm³/mol. The van der Waals surface area contributed by atoms with Gasteiger partial charge in [0.15, 0.2) is 0 Å². The third-order valence-corrected chi connectivity index (χ3v) is 3.37. The Morgan fingerprint density at radius 2 is 2.12 bits per heavy atom. The number of benzene rings is 1. The Labute approximate surface area is 104 Å². The quantitative estimate of drug-likeness (QED) is 0.844. The Hall–Kier alpha value is -1.06. The number of nitrogens with zero attached hydrogens (tertiary/aromatic N) is 1. The average molecular weight is 234 g/mol. The maximum absolute atomic E-state index is 6.04. The van der Waals surface area contributed by atoms with E-state index in [4.69, 9.17) is 10.5 Å². The number of para-hydroxylation sites is 1. The van der Waals surface area contributed by atoms with Crippen molar-refractivity contribution in [2.45, 2.75) is 25.4 Å². The number of ether oxygens (including phenoxy) is 1. The standard InChI is InChI=1S/C14H22N2O/c1-11(7-8-15)13-5-3-4-6-14(13)17-12-9-16(2)10-12/h3-6,11-12H,7-10,15H2,1-2H3. The first-order chi connectivity index (χ1) is 8.20. The van der Waals surface area contributed by atoms with Gasteiger partial charge in [0.2, 0.25) is 0 Å². The highest BCUT2D eigenvalue weighted by atomic mass is 16.5. The molecular formula is C14H22N2O.